The Morgan fingerprint density at radius 2 is 2.24 bits per heavy atom. The fourth-order valence-electron chi connectivity index (χ4n) is 2.64. The van der Waals surface area contributed by atoms with Gasteiger partial charge in [-0.3, -0.25) is 9.59 Å². The molecule has 1 N–H and O–H groups in total. The van der Waals surface area contributed by atoms with E-state index in [0.717, 1.165) is 19.4 Å². The second kappa shape index (κ2) is 4.29. The molecule has 2 saturated heterocycles. The molecule has 96 valence electrons. The van der Waals surface area contributed by atoms with Crippen LogP contribution in [-0.2, 0) is 14.3 Å². The van der Waals surface area contributed by atoms with E-state index in [1.807, 2.05) is 4.90 Å². The monoisotopic (exact) mass is 240 g/mol. The van der Waals surface area contributed by atoms with Crippen molar-refractivity contribution in [1.29, 1.82) is 0 Å². The zero-order valence-corrected chi connectivity index (χ0v) is 10.7. The van der Waals surface area contributed by atoms with Gasteiger partial charge < -0.3 is 15.0 Å². The highest BCUT2D eigenvalue weighted by Crippen LogP contribution is 2.29. The van der Waals surface area contributed by atoms with Crippen molar-refractivity contribution in [3.8, 4) is 0 Å². The number of methoxy groups -OCH3 is 1. The molecule has 0 bridgehead atoms. The summed E-state index contributed by atoms with van der Waals surface area (Å²) in [7, 11) is 1.54. The molecule has 0 aromatic rings. The predicted octanol–water partition coefficient (Wildman–Crippen LogP) is 0.148. The van der Waals surface area contributed by atoms with Crippen molar-refractivity contribution in [2.45, 2.75) is 38.3 Å². The number of piperidine rings is 1. The third-order valence-electron chi connectivity index (χ3n) is 3.89. The molecular formula is C12H20N2O3. The van der Waals surface area contributed by atoms with E-state index in [1.54, 1.807) is 13.8 Å². The Kier molecular flexibility index (Phi) is 3.12. The summed E-state index contributed by atoms with van der Waals surface area (Å²) in [5.74, 6) is 0.0364. The lowest BCUT2D eigenvalue weighted by Gasteiger charge is -2.39. The number of nitrogens with zero attached hydrogens (tertiary/aromatic N) is 1. The number of fused-ring (bicyclic) bond motifs is 1. The Bertz CT molecular complexity index is 341. The van der Waals surface area contributed by atoms with E-state index in [4.69, 9.17) is 4.74 Å². The van der Waals surface area contributed by atoms with Crippen LogP contribution in [0.3, 0.4) is 0 Å². The normalized spacial score (nSPS) is 28.9. The summed E-state index contributed by atoms with van der Waals surface area (Å²) in [6.07, 6.45) is 1.77. The van der Waals surface area contributed by atoms with Crippen LogP contribution in [0.1, 0.15) is 26.7 Å². The number of nitrogens with one attached hydrogen (secondary N) is 1. The highest BCUT2D eigenvalue weighted by molar-refractivity contribution is 5.88. The number of amides is 2. The van der Waals surface area contributed by atoms with E-state index in [2.05, 4.69) is 5.32 Å². The van der Waals surface area contributed by atoms with E-state index < -0.39 is 5.60 Å². The van der Waals surface area contributed by atoms with E-state index in [0.29, 0.717) is 6.54 Å². The van der Waals surface area contributed by atoms with Crippen LogP contribution in [0.25, 0.3) is 0 Å². The van der Waals surface area contributed by atoms with Gasteiger partial charge in [0.15, 0.2) is 0 Å². The SMILES string of the molecule is COC(C)(C)C(=O)N1CCCC2C(=O)NCC21. The lowest BCUT2D eigenvalue weighted by molar-refractivity contribution is -0.155. The van der Waals surface area contributed by atoms with Crippen LogP contribution in [0.4, 0.5) is 0 Å². The first-order valence-electron chi connectivity index (χ1n) is 6.11. The lowest BCUT2D eigenvalue weighted by Crippen LogP contribution is -2.55. The van der Waals surface area contributed by atoms with E-state index >= 15 is 0 Å². The van der Waals surface area contributed by atoms with Gasteiger partial charge in [0.2, 0.25) is 5.91 Å². The zero-order valence-electron chi connectivity index (χ0n) is 10.7. The Morgan fingerprint density at radius 1 is 1.53 bits per heavy atom. The van der Waals surface area contributed by atoms with Crippen molar-refractivity contribution in [3.63, 3.8) is 0 Å². The molecule has 2 fully saturated rings. The van der Waals surface area contributed by atoms with Crippen LogP contribution in [0, 0.1) is 5.92 Å². The number of hydrogen-bond acceptors (Lipinski definition) is 3. The highest BCUT2D eigenvalue weighted by atomic mass is 16.5. The van der Waals surface area contributed by atoms with Crippen LogP contribution < -0.4 is 5.32 Å². The maximum atomic E-state index is 12.4. The van der Waals surface area contributed by atoms with Crippen LogP contribution in [0.15, 0.2) is 0 Å². The van der Waals surface area contributed by atoms with Gasteiger partial charge in [0.1, 0.15) is 5.60 Å². The molecule has 0 aliphatic carbocycles. The van der Waals surface area contributed by atoms with Gasteiger partial charge in [0, 0.05) is 20.2 Å². The predicted molar refractivity (Wildman–Crippen MR) is 62.3 cm³/mol. The minimum Gasteiger partial charge on any atom is -0.369 e. The molecular weight excluding hydrogens is 220 g/mol. The average molecular weight is 240 g/mol. The fourth-order valence-corrected chi connectivity index (χ4v) is 2.64. The molecule has 2 rings (SSSR count). The molecule has 2 aliphatic heterocycles. The largest absolute Gasteiger partial charge is 0.369 e. The first-order valence-corrected chi connectivity index (χ1v) is 6.11. The number of likely N-dealkylation sites (tertiary alicyclic amines) is 1. The number of carbonyl (C=O) groups is 2. The highest BCUT2D eigenvalue weighted by Gasteiger charge is 2.45. The molecule has 5 heteroatoms. The van der Waals surface area contributed by atoms with Gasteiger partial charge >= 0.3 is 0 Å². The Balaban J connectivity index is 2.16. The third-order valence-corrected chi connectivity index (χ3v) is 3.89. The van der Waals surface area contributed by atoms with Crippen LogP contribution >= 0.6 is 0 Å². The summed E-state index contributed by atoms with van der Waals surface area (Å²) in [6.45, 7) is 4.84. The molecule has 2 heterocycles. The van der Waals surface area contributed by atoms with Gasteiger partial charge in [0.25, 0.3) is 5.91 Å². The molecule has 0 aromatic carbocycles. The standard InChI is InChI=1S/C12H20N2O3/c1-12(2,17-3)11(16)14-6-4-5-8-9(14)7-13-10(8)15/h8-9H,4-7H2,1-3H3,(H,13,15). The van der Waals surface area contributed by atoms with Gasteiger partial charge in [-0.15, -0.1) is 0 Å². The number of ether oxygens (including phenoxy) is 1. The van der Waals surface area contributed by atoms with Crippen molar-refractivity contribution in [3.05, 3.63) is 0 Å². The Labute approximate surface area is 101 Å². The minimum absolute atomic E-state index is 0.0122. The van der Waals surface area contributed by atoms with Crippen molar-refractivity contribution >= 4 is 11.8 Å². The van der Waals surface area contributed by atoms with E-state index in [-0.39, 0.29) is 23.8 Å². The van der Waals surface area contributed by atoms with E-state index in [1.165, 1.54) is 7.11 Å². The van der Waals surface area contributed by atoms with Gasteiger partial charge in [0.05, 0.1) is 12.0 Å². The molecule has 0 saturated carbocycles. The molecule has 0 aromatic heterocycles. The molecule has 17 heavy (non-hydrogen) atoms. The first kappa shape index (κ1) is 12.4. The first-order chi connectivity index (χ1) is 7.97. The molecule has 2 unspecified atom stereocenters. The summed E-state index contributed by atoms with van der Waals surface area (Å²) in [5.41, 5.74) is -0.812. The maximum Gasteiger partial charge on any atom is 0.254 e. The molecule has 2 amide bonds. The minimum atomic E-state index is -0.812. The average Bonchev–Trinajstić information content (AvgIpc) is 2.70. The van der Waals surface area contributed by atoms with Crippen LogP contribution in [-0.4, -0.2) is 48.6 Å². The lowest BCUT2D eigenvalue weighted by atomic mass is 9.90. The van der Waals surface area contributed by atoms with Crippen molar-refractivity contribution < 1.29 is 14.3 Å². The number of hydrogen-bond donors (Lipinski definition) is 1. The van der Waals surface area contributed by atoms with Crippen molar-refractivity contribution in [2.24, 2.45) is 5.92 Å². The molecule has 5 nitrogen and oxygen atoms in total. The third kappa shape index (κ3) is 2.04. The van der Waals surface area contributed by atoms with Crippen LogP contribution in [0.5, 0.6) is 0 Å². The summed E-state index contributed by atoms with van der Waals surface area (Å²) in [5, 5.41) is 2.84. The van der Waals surface area contributed by atoms with Gasteiger partial charge in [-0.25, -0.2) is 0 Å². The molecule has 2 atom stereocenters. The second-order valence-electron chi connectivity index (χ2n) is 5.27. The summed E-state index contributed by atoms with van der Waals surface area (Å²) >= 11 is 0. The maximum absolute atomic E-state index is 12.4. The summed E-state index contributed by atoms with van der Waals surface area (Å²) in [4.78, 5) is 25.8. The van der Waals surface area contributed by atoms with Crippen molar-refractivity contribution in [2.75, 3.05) is 20.2 Å². The fraction of sp³-hybridized carbons (Fsp3) is 0.833. The summed E-state index contributed by atoms with van der Waals surface area (Å²) in [6, 6.07) is 0.0122. The molecule has 0 spiro atoms. The second-order valence-corrected chi connectivity index (χ2v) is 5.27. The van der Waals surface area contributed by atoms with E-state index in [9.17, 15) is 9.59 Å². The van der Waals surface area contributed by atoms with Crippen molar-refractivity contribution in [1.82, 2.24) is 10.2 Å². The topological polar surface area (TPSA) is 58.6 Å². The van der Waals surface area contributed by atoms with Crippen LogP contribution in [0.2, 0.25) is 0 Å². The zero-order chi connectivity index (χ0) is 12.6. The Morgan fingerprint density at radius 3 is 2.88 bits per heavy atom. The molecule has 0 radical (unpaired) electrons. The van der Waals surface area contributed by atoms with Gasteiger partial charge in [-0.05, 0) is 26.7 Å². The smallest absolute Gasteiger partial charge is 0.254 e. The quantitative estimate of drug-likeness (QED) is 0.747. The number of rotatable bonds is 2. The Hall–Kier alpha value is -1.10. The molecule has 2 aliphatic rings. The van der Waals surface area contributed by atoms with Gasteiger partial charge in [-0.2, -0.15) is 0 Å². The number of carbonyl (C=O) groups excluding carboxylic acids is 2. The summed E-state index contributed by atoms with van der Waals surface area (Å²) < 4.78 is 5.23. The van der Waals surface area contributed by atoms with Gasteiger partial charge in [-0.1, -0.05) is 0 Å².